The van der Waals surface area contributed by atoms with Gasteiger partial charge in [0.05, 0.1) is 5.56 Å². The molecule has 1 aromatic rings. The van der Waals surface area contributed by atoms with E-state index in [2.05, 4.69) is 12.2 Å². The van der Waals surface area contributed by atoms with Gasteiger partial charge in [-0.2, -0.15) is 0 Å². The van der Waals surface area contributed by atoms with Crippen LogP contribution in [-0.2, 0) is 0 Å². The van der Waals surface area contributed by atoms with E-state index in [1.807, 2.05) is 12.1 Å². The van der Waals surface area contributed by atoms with Gasteiger partial charge in [0.15, 0.2) is 0 Å². The lowest BCUT2D eigenvalue weighted by Crippen LogP contribution is -2.07. The van der Waals surface area contributed by atoms with E-state index < -0.39 is 5.97 Å². The minimum atomic E-state index is -0.829. The Bertz CT molecular complexity index is 393. The van der Waals surface area contributed by atoms with Crippen molar-refractivity contribution in [3.63, 3.8) is 0 Å². The molecule has 1 atom stereocenters. The first-order valence-corrected chi connectivity index (χ1v) is 5.28. The first kappa shape index (κ1) is 9.97. The van der Waals surface area contributed by atoms with E-state index in [9.17, 15) is 4.79 Å². The number of hydrogen-bond acceptors (Lipinski definition) is 1. The minimum absolute atomic E-state index is 0.283. The van der Waals surface area contributed by atoms with Crippen LogP contribution in [0.4, 0.5) is 0 Å². The van der Waals surface area contributed by atoms with Gasteiger partial charge in [-0.05, 0) is 30.9 Å². The summed E-state index contributed by atoms with van der Waals surface area (Å²) in [6.45, 7) is 0. The third-order valence-electron chi connectivity index (χ3n) is 2.84. The summed E-state index contributed by atoms with van der Waals surface area (Å²) >= 11 is 0. The molecule has 0 amide bonds. The quantitative estimate of drug-likeness (QED) is 0.748. The number of carboxylic acids is 1. The van der Waals surface area contributed by atoms with Gasteiger partial charge < -0.3 is 5.11 Å². The number of hydrogen-bond donors (Lipinski definition) is 1. The van der Waals surface area contributed by atoms with Gasteiger partial charge in [0, 0.05) is 5.92 Å². The molecule has 1 N–H and O–H groups in total. The fourth-order valence-electron chi connectivity index (χ4n) is 2.09. The topological polar surface area (TPSA) is 37.3 Å². The molecule has 2 rings (SSSR count). The molecule has 15 heavy (non-hydrogen) atoms. The van der Waals surface area contributed by atoms with Crippen molar-refractivity contribution in [3.05, 3.63) is 47.5 Å². The van der Waals surface area contributed by atoms with Crippen molar-refractivity contribution in [1.82, 2.24) is 0 Å². The second kappa shape index (κ2) is 4.30. The highest BCUT2D eigenvalue weighted by Crippen LogP contribution is 2.29. The SMILES string of the molecule is O=C(O)c1ccccc1[C@@H]1C=CCCC1. The van der Waals surface area contributed by atoms with Crippen molar-refractivity contribution in [1.29, 1.82) is 0 Å². The number of carbonyl (C=O) groups is 1. The van der Waals surface area contributed by atoms with Gasteiger partial charge in [-0.1, -0.05) is 30.4 Å². The summed E-state index contributed by atoms with van der Waals surface area (Å²) in [4.78, 5) is 11.0. The lowest BCUT2D eigenvalue weighted by molar-refractivity contribution is 0.0695. The smallest absolute Gasteiger partial charge is 0.335 e. The molecule has 0 bridgehead atoms. The van der Waals surface area contributed by atoms with E-state index in [-0.39, 0.29) is 5.92 Å². The standard InChI is InChI=1S/C13H14O2/c14-13(15)12-9-5-4-8-11(12)10-6-2-1-3-7-10/h2,4-6,8-10H,1,3,7H2,(H,14,15)/t10-/m1/s1. The van der Waals surface area contributed by atoms with Gasteiger partial charge in [0.2, 0.25) is 0 Å². The summed E-state index contributed by atoms with van der Waals surface area (Å²) in [5.74, 6) is -0.546. The lowest BCUT2D eigenvalue weighted by atomic mass is 9.86. The Balaban J connectivity index is 2.37. The van der Waals surface area contributed by atoms with Crippen LogP contribution >= 0.6 is 0 Å². The van der Waals surface area contributed by atoms with Crippen LogP contribution in [0.15, 0.2) is 36.4 Å². The second-order valence-corrected chi connectivity index (χ2v) is 3.86. The molecule has 1 aromatic carbocycles. The van der Waals surface area contributed by atoms with Crippen molar-refractivity contribution in [2.45, 2.75) is 25.2 Å². The maximum Gasteiger partial charge on any atom is 0.335 e. The Kier molecular flexibility index (Phi) is 2.86. The molecule has 1 aliphatic carbocycles. The molecule has 2 nitrogen and oxygen atoms in total. The largest absolute Gasteiger partial charge is 0.478 e. The van der Waals surface area contributed by atoms with Crippen LogP contribution in [0.3, 0.4) is 0 Å². The highest BCUT2D eigenvalue weighted by Gasteiger charge is 2.17. The number of rotatable bonds is 2. The van der Waals surface area contributed by atoms with Crippen molar-refractivity contribution >= 4 is 5.97 Å². The van der Waals surface area contributed by atoms with Crippen molar-refractivity contribution < 1.29 is 9.90 Å². The van der Waals surface area contributed by atoms with E-state index in [1.165, 1.54) is 0 Å². The maximum absolute atomic E-state index is 11.0. The van der Waals surface area contributed by atoms with Crippen LogP contribution in [-0.4, -0.2) is 11.1 Å². The first-order chi connectivity index (χ1) is 7.29. The molecule has 0 heterocycles. The summed E-state index contributed by atoms with van der Waals surface area (Å²) in [7, 11) is 0. The van der Waals surface area contributed by atoms with Gasteiger partial charge >= 0.3 is 5.97 Å². The Morgan fingerprint density at radius 3 is 2.80 bits per heavy atom. The lowest BCUT2D eigenvalue weighted by Gasteiger charge is -2.18. The van der Waals surface area contributed by atoms with Gasteiger partial charge in [0.25, 0.3) is 0 Å². The Labute approximate surface area is 89.2 Å². The highest BCUT2D eigenvalue weighted by molar-refractivity contribution is 5.89. The second-order valence-electron chi connectivity index (χ2n) is 3.86. The summed E-state index contributed by atoms with van der Waals surface area (Å²) in [6.07, 6.45) is 7.60. The molecular formula is C13H14O2. The van der Waals surface area contributed by atoms with E-state index in [1.54, 1.807) is 12.1 Å². The number of benzene rings is 1. The molecule has 78 valence electrons. The molecule has 0 aromatic heterocycles. The molecule has 0 radical (unpaired) electrons. The molecule has 1 aliphatic rings. The number of allylic oxidation sites excluding steroid dienone is 2. The summed E-state index contributed by atoms with van der Waals surface area (Å²) in [5.41, 5.74) is 1.38. The summed E-state index contributed by atoms with van der Waals surface area (Å²) in [5, 5.41) is 9.07. The molecule has 0 aliphatic heterocycles. The molecule has 0 saturated heterocycles. The summed E-state index contributed by atoms with van der Waals surface area (Å²) in [6, 6.07) is 7.29. The van der Waals surface area contributed by atoms with E-state index >= 15 is 0 Å². The van der Waals surface area contributed by atoms with E-state index in [0.29, 0.717) is 5.56 Å². The third kappa shape index (κ3) is 2.09. The maximum atomic E-state index is 11.0. The van der Waals surface area contributed by atoms with Crippen molar-refractivity contribution in [2.75, 3.05) is 0 Å². The normalized spacial score (nSPS) is 20.1. The predicted octanol–water partition coefficient (Wildman–Crippen LogP) is 3.21. The molecule has 0 unspecified atom stereocenters. The molecular weight excluding hydrogens is 188 g/mol. The average molecular weight is 202 g/mol. The van der Waals surface area contributed by atoms with Crippen LogP contribution < -0.4 is 0 Å². The Morgan fingerprint density at radius 1 is 1.33 bits per heavy atom. The van der Waals surface area contributed by atoms with E-state index in [4.69, 9.17) is 5.11 Å². The van der Waals surface area contributed by atoms with Gasteiger partial charge in [-0.25, -0.2) is 4.79 Å². The Morgan fingerprint density at radius 2 is 2.13 bits per heavy atom. The van der Waals surface area contributed by atoms with Gasteiger partial charge in [0.1, 0.15) is 0 Å². The van der Waals surface area contributed by atoms with Gasteiger partial charge in [-0.15, -0.1) is 0 Å². The zero-order valence-electron chi connectivity index (χ0n) is 8.52. The first-order valence-electron chi connectivity index (χ1n) is 5.28. The molecule has 0 fully saturated rings. The number of carboxylic acid groups (broad SMARTS) is 1. The van der Waals surface area contributed by atoms with Crippen LogP contribution in [0, 0.1) is 0 Å². The average Bonchev–Trinajstić information content (AvgIpc) is 2.30. The summed E-state index contributed by atoms with van der Waals surface area (Å²) < 4.78 is 0. The van der Waals surface area contributed by atoms with E-state index in [0.717, 1.165) is 24.8 Å². The Hall–Kier alpha value is -1.57. The van der Waals surface area contributed by atoms with Gasteiger partial charge in [-0.3, -0.25) is 0 Å². The van der Waals surface area contributed by atoms with Crippen molar-refractivity contribution in [2.24, 2.45) is 0 Å². The zero-order valence-corrected chi connectivity index (χ0v) is 8.52. The highest BCUT2D eigenvalue weighted by atomic mass is 16.4. The molecule has 0 saturated carbocycles. The van der Waals surface area contributed by atoms with Crippen LogP contribution in [0.5, 0.6) is 0 Å². The van der Waals surface area contributed by atoms with Crippen LogP contribution in [0.1, 0.15) is 41.1 Å². The fraction of sp³-hybridized carbons (Fsp3) is 0.308. The zero-order chi connectivity index (χ0) is 10.7. The third-order valence-corrected chi connectivity index (χ3v) is 2.84. The van der Waals surface area contributed by atoms with Crippen molar-refractivity contribution in [3.8, 4) is 0 Å². The molecule has 2 heteroatoms. The van der Waals surface area contributed by atoms with Crippen LogP contribution in [0.25, 0.3) is 0 Å². The number of aromatic carboxylic acids is 1. The predicted molar refractivity (Wildman–Crippen MR) is 59.1 cm³/mol. The minimum Gasteiger partial charge on any atom is -0.478 e. The monoisotopic (exact) mass is 202 g/mol. The molecule has 0 spiro atoms. The van der Waals surface area contributed by atoms with Crippen LogP contribution in [0.2, 0.25) is 0 Å². The fourth-order valence-corrected chi connectivity index (χ4v) is 2.09.